The molecule has 2 fully saturated rings. The van der Waals surface area contributed by atoms with Gasteiger partial charge in [0.1, 0.15) is 5.75 Å². The Morgan fingerprint density at radius 1 is 1.03 bits per heavy atom. The average Bonchev–Trinajstić information content (AvgIpc) is 2.96. The van der Waals surface area contributed by atoms with Gasteiger partial charge < -0.3 is 19.9 Å². The number of ether oxygens (including phenoxy) is 1. The maximum absolute atomic E-state index is 13.9. The number of hydrogen-bond donors (Lipinski definition) is 1. The summed E-state index contributed by atoms with van der Waals surface area (Å²) in [6.07, 6.45) is 8.75. The zero-order valence-electron chi connectivity index (χ0n) is 24.1. The van der Waals surface area contributed by atoms with Gasteiger partial charge in [-0.2, -0.15) is 4.31 Å². The molecule has 1 N–H and O–H groups in total. The Hall–Kier alpha value is -2.33. The number of nitrogens with zero attached hydrogens (tertiary/aromatic N) is 3. The van der Waals surface area contributed by atoms with Gasteiger partial charge in [0.05, 0.1) is 19.4 Å². The Morgan fingerprint density at radius 2 is 1.69 bits per heavy atom. The predicted octanol–water partition coefficient (Wildman–Crippen LogP) is 4.23. The first-order valence-electron chi connectivity index (χ1n) is 14.7. The van der Waals surface area contributed by atoms with Crippen molar-refractivity contribution in [3.8, 4) is 5.75 Å². The third kappa shape index (κ3) is 9.38. The van der Waals surface area contributed by atoms with E-state index in [2.05, 4.69) is 12.2 Å². The minimum absolute atomic E-state index is 0.0169. The standard InChI is InChI=1S/C29H48N4O5S/c1-4-6-18-30-29(35)31-19-16-26(17-20-31)33(22-25-12-14-27(38-3)15-13-25)28(34)23-32(39(36,37)5-2)21-24-10-8-7-9-11-24/h12-15,24,26H,4-11,16-23H2,1-3H3,(H,30,35). The fourth-order valence-electron chi connectivity index (χ4n) is 5.57. The summed E-state index contributed by atoms with van der Waals surface area (Å²) in [5, 5.41) is 2.98. The van der Waals surface area contributed by atoms with Gasteiger partial charge in [0.25, 0.3) is 0 Å². The van der Waals surface area contributed by atoms with Gasteiger partial charge in [-0.25, -0.2) is 13.2 Å². The first-order chi connectivity index (χ1) is 18.8. The van der Waals surface area contributed by atoms with Gasteiger partial charge in [0, 0.05) is 38.8 Å². The van der Waals surface area contributed by atoms with Crippen molar-refractivity contribution in [2.75, 3.05) is 45.6 Å². The molecule has 0 aromatic heterocycles. The molecule has 0 radical (unpaired) electrons. The molecule has 220 valence electrons. The normalized spacial score (nSPS) is 17.3. The van der Waals surface area contributed by atoms with E-state index in [1.165, 1.54) is 10.7 Å². The highest BCUT2D eigenvalue weighted by Gasteiger charge is 2.33. The molecule has 0 atom stereocenters. The smallest absolute Gasteiger partial charge is 0.317 e. The number of methoxy groups -OCH3 is 1. The molecule has 0 spiro atoms. The minimum atomic E-state index is -3.52. The summed E-state index contributed by atoms with van der Waals surface area (Å²) in [4.78, 5) is 30.1. The molecule has 10 heteroatoms. The molecule has 1 aliphatic heterocycles. The van der Waals surface area contributed by atoms with E-state index < -0.39 is 10.0 Å². The second kappa shape index (κ2) is 15.5. The SMILES string of the molecule is CCCCNC(=O)N1CCC(N(Cc2ccc(OC)cc2)C(=O)CN(CC2CCCCC2)S(=O)(=O)CC)CC1. The fourth-order valence-corrected chi connectivity index (χ4v) is 6.68. The van der Waals surface area contributed by atoms with E-state index in [0.29, 0.717) is 51.5 Å². The number of benzene rings is 1. The molecule has 1 saturated heterocycles. The van der Waals surface area contributed by atoms with Crippen LogP contribution in [0.1, 0.15) is 77.2 Å². The third-order valence-corrected chi connectivity index (χ3v) is 9.88. The number of hydrogen-bond acceptors (Lipinski definition) is 5. The van der Waals surface area contributed by atoms with Gasteiger partial charge in [0.2, 0.25) is 15.9 Å². The lowest BCUT2D eigenvalue weighted by molar-refractivity contribution is -0.135. The summed E-state index contributed by atoms with van der Waals surface area (Å²) < 4.78 is 32.8. The van der Waals surface area contributed by atoms with Crippen LogP contribution in [0.15, 0.2) is 24.3 Å². The highest BCUT2D eigenvalue weighted by atomic mass is 32.2. The van der Waals surface area contributed by atoms with Crippen molar-refractivity contribution in [2.24, 2.45) is 5.92 Å². The molecular weight excluding hydrogens is 516 g/mol. The summed E-state index contributed by atoms with van der Waals surface area (Å²) in [7, 11) is -1.91. The quantitative estimate of drug-likeness (QED) is 0.362. The van der Waals surface area contributed by atoms with Crippen molar-refractivity contribution >= 4 is 22.0 Å². The number of amides is 3. The molecule has 1 heterocycles. The number of carbonyl (C=O) groups is 2. The van der Waals surface area contributed by atoms with E-state index in [-0.39, 0.29) is 30.3 Å². The van der Waals surface area contributed by atoms with Crippen LogP contribution in [0, 0.1) is 5.92 Å². The molecule has 0 bridgehead atoms. The molecule has 39 heavy (non-hydrogen) atoms. The number of nitrogens with one attached hydrogen (secondary N) is 1. The Bertz CT molecular complexity index is 1000. The fraction of sp³-hybridized carbons (Fsp3) is 0.724. The molecule has 9 nitrogen and oxygen atoms in total. The average molecular weight is 565 g/mol. The molecule has 1 saturated carbocycles. The number of urea groups is 1. The lowest BCUT2D eigenvalue weighted by Crippen LogP contribution is -2.53. The Morgan fingerprint density at radius 3 is 2.28 bits per heavy atom. The van der Waals surface area contributed by atoms with Crippen molar-refractivity contribution in [1.29, 1.82) is 0 Å². The zero-order valence-corrected chi connectivity index (χ0v) is 24.9. The van der Waals surface area contributed by atoms with Gasteiger partial charge in [-0.05, 0) is 62.6 Å². The van der Waals surface area contributed by atoms with Crippen molar-refractivity contribution in [2.45, 2.75) is 84.2 Å². The van der Waals surface area contributed by atoms with E-state index in [1.807, 2.05) is 34.1 Å². The van der Waals surface area contributed by atoms with Crippen LogP contribution < -0.4 is 10.1 Å². The predicted molar refractivity (Wildman–Crippen MR) is 154 cm³/mol. The van der Waals surface area contributed by atoms with E-state index in [1.54, 1.807) is 14.0 Å². The van der Waals surface area contributed by atoms with E-state index in [9.17, 15) is 18.0 Å². The van der Waals surface area contributed by atoms with Gasteiger partial charge in [-0.3, -0.25) is 4.79 Å². The third-order valence-electron chi connectivity index (χ3n) is 8.09. The first kappa shape index (κ1) is 31.2. The number of piperidine rings is 1. The van der Waals surface area contributed by atoms with E-state index in [4.69, 9.17) is 4.74 Å². The van der Waals surface area contributed by atoms with Crippen LogP contribution in [0.4, 0.5) is 4.79 Å². The number of rotatable bonds is 13. The summed E-state index contributed by atoms with van der Waals surface area (Å²) in [5.41, 5.74) is 0.959. The van der Waals surface area contributed by atoms with Crippen LogP contribution >= 0.6 is 0 Å². The second-order valence-electron chi connectivity index (χ2n) is 10.9. The first-order valence-corrected chi connectivity index (χ1v) is 16.3. The zero-order chi connectivity index (χ0) is 28.3. The van der Waals surface area contributed by atoms with Crippen LogP contribution in [0.2, 0.25) is 0 Å². The van der Waals surface area contributed by atoms with E-state index >= 15 is 0 Å². The molecule has 2 aliphatic rings. The van der Waals surface area contributed by atoms with Crippen LogP contribution in [-0.4, -0.2) is 86.1 Å². The Labute approximate surface area is 235 Å². The number of unbranched alkanes of at least 4 members (excludes halogenated alkanes) is 1. The van der Waals surface area contributed by atoms with Gasteiger partial charge in [-0.1, -0.05) is 44.7 Å². The monoisotopic (exact) mass is 564 g/mol. The van der Waals surface area contributed by atoms with Crippen LogP contribution in [0.3, 0.4) is 0 Å². The Balaban J connectivity index is 1.74. The molecular formula is C29H48N4O5S. The largest absolute Gasteiger partial charge is 0.497 e. The topological polar surface area (TPSA) is 99.3 Å². The molecule has 1 aromatic carbocycles. The number of sulfonamides is 1. The minimum Gasteiger partial charge on any atom is -0.497 e. The summed E-state index contributed by atoms with van der Waals surface area (Å²) in [6, 6.07) is 7.51. The van der Waals surface area contributed by atoms with Crippen LogP contribution in [0.25, 0.3) is 0 Å². The van der Waals surface area contributed by atoms with Gasteiger partial charge in [0.15, 0.2) is 0 Å². The van der Waals surface area contributed by atoms with Crippen LogP contribution in [0.5, 0.6) is 5.75 Å². The summed E-state index contributed by atoms with van der Waals surface area (Å²) in [5.74, 6) is 0.852. The lowest BCUT2D eigenvalue weighted by Gasteiger charge is -2.39. The molecule has 3 rings (SSSR count). The maximum Gasteiger partial charge on any atom is 0.317 e. The molecule has 1 aliphatic carbocycles. The maximum atomic E-state index is 13.9. The van der Waals surface area contributed by atoms with Crippen molar-refractivity contribution in [3.63, 3.8) is 0 Å². The van der Waals surface area contributed by atoms with Crippen molar-refractivity contribution < 1.29 is 22.7 Å². The number of likely N-dealkylation sites (tertiary alicyclic amines) is 1. The van der Waals surface area contributed by atoms with Gasteiger partial charge >= 0.3 is 6.03 Å². The molecule has 1 aromatic rings. The second-order valence-corrected chi connectivity index (χ2v) is 13.1. The number of carbonyl (C=O) groups excluding carboxylic acids is 2. The Kier molecular flexibility index (Phi) is 12.4. The highest BCUT2D eigenvalue weighted by molar-refractivity contribution is 7.89. The van der Waals surface area contributed by atoms with Crippen LogP contribution in [-0.2, 0) is 21.4 Å². The van der Waals surface area contributed by atoms with Crippen molar-refractivity contribution in [3.05, 3.63) is 29.8 Å². The molecule has 0 unspecified atom stereocenters. The summed E-state index contributed by atoms with van der Waals surface area (Å²) in [6.45, 7) is 6.19. The summed E-state index contributed by atoms with van der Waals surface area (Å²) >= 11 is 0. The van der Waals surface area contributed by atoms with Gasteiger partial charge in [-0.15, -0.1) is 0 Å². The van der Waals surface area contributed by atoms with E-state index in [0.717, 1.165) is 49.8 Å². The highest BCUT2D eigenvalue weighted by Crippen LogP contribution is 2.26. The van der Waals surface area contributed by atoms with Crippen molar-refractivity contribution in [1.82, 2.24) is 19.4 Å². The lowest BCUT2D eigenvalue weighted by atomic mass is 9.89. The molecule has 3 amide bonds.